The van der Waals surface area contributed by atoms with Gasteiger partial charge in [-0.25, -0.2) is 4.98 Å². The van der Waals surface area contributed by atoms with Crippen molar-refractivity contribution in [1.29, 1.82) is 0 Å². The van der Waals surface area contributed by atoms with E-state index in [0.717, 1.165) is 0 Å². The Bertz CT molecular complexity index is 228. The maximum atomic E-state index is 8.97. The molecule has 0 radical (unpaired) electrons. The molecule has 0 aliphatic carbocycles. The van der Waals surface area contributed by atoms with Crippen molar-refractivity contribution in [2.75, 3.05) is 25.1 Å². The summed E-state index contributed by atoms with van der Waals surface area (Å²) >= 11 is 1.34. The lowest BCUT2D eigenvalue weighted by Gasteiger charge is -2.28. The number of thiazole rings is 1. The van der Waals surface area contributed by atoms with Gasteiger partial charge in [-0.2, -0.15) is 0 Å². The molecule has 1 heterocycles. The Hall–Kier alpha value is -0.690. The number of aromatic nitrogens is 1. The number of rotatable bonds is 5. The zero-order valence-electron chi connectivity index (χ0n) is 6.97. The van der Waals surface area contributed by atoms with Gasteiger partial charge in [0, 0.05) is 11.6 Å². The molecule has 0 atom stereocenters. The van der Waals surface area contributed by atoms with Crippen LogP contribution in [0.4, 0.5) is 5.13 Å². The first-order valence-corrected chi connectivity index (χ1v) is 4.64. The van der Waals surface area contributed by atoms with Gasteiger partial charge in [-0.1, -0.05) is 0 Å². The Balaban J connectivity index is 2.67. The van der Waals surface area contributed by atoms with Crippen LogP contribution in [0, 0.1) is 0 Å². The number of aliphatic hydroxyl groups is 3. The molecule has 74 valence electrons. The second kappa shape index (κ2) is 4.52. The monoisotopic (exact) mass is 204 g/mol. The zero-order chi connectivity index (χ0) is 9.73. The number of nitrogens with zero attached hydrogens (tertiary/aromatic N) is 1. The number of nitrogens with one attached hydrogen (secondary N) is 1. The van der Waals surface area contributed by atoms with Crippen LogP contribution in [0.2, 0.25) is 0 Å². The summed E-state index contributed by atoms with van der Waals surface area (Å²) in [5, 5.41) is 32.0. The SMILES string of the molecule is OCC(CO)(CO)Nc1nccs1. The summed E-state index contributed by atoms with van der Waals surface area (Å²) in [5.74, 6) is 0. The van der Waals surface area contributed by atoms with Crippen LogP contribution in [0.15, 0.2) is 11.6 Å². The number of hydrogen-bond acceptors (Lipinski definition) is 6. The third-order valence-corrected chi connectivity index (χ3v) is 2.40. The highest BCUT2D eigenvalue weighted by Crippen LogP contribution is 2.16. The Morgan fingerprint density at radius 2 is 1.92 bits per heavy atom. The van der Waals surface area contributed by atoms with Gasteiger partial charge in [0.2, 0.25) is 0 Å². The van der Waals surface area contributed by atoms with E-state index in [-0.39, 0.29) is 19.8 Å². The summed E-state index contributed by atoms with van der Waals surface area (Å²) < 4.78 is 0. The standard InChI is InChI=1S/C7H12N2O3S/c10-3-7(4-11,5-12)9-6-8-1-2-13-6/h1-2,10-12H,3-5H2,(H,8,9). The molecule has 0 spiro atoms. The molecule has 0 unspecified atom stereocenters. The molecule has 0 fully saturated rings. The van der Waals surface area contributed by atoms with Crippen molar-refractivity contribution in [3.05, 3.63) is 11.6 Å². The van der Waals surface area contributed by atoms with Gasteiger partial charge in [0.25, 0.3) is 0 Å². The molecule has 0 bridgehead atoms. The molecule has 0 aliphatic rings. The summed E-state index contributed by atoms with van der Waals surface area (Å²) in [5.41, 5.74) is -1.09. The van der Waals surface area contributed by atoms with E-state index in [2.05, 4.69) is 10.3 Å². The normalized spacial score (nSPS) is 11.6. The third-order valence-electron chi connectivity index (χ3n) is 1.71. The van der Waals surface area contributed by atoms with Crippen molar-refractivity contribution in [1.82, 2.24) is 4.98 Å². The molecule has 0 amide bonds. The average molecular weight is 204 g/mol. The summed E-state index contributed by atoms with van der Waals surface area (Å²) in [6, 6.07) is 0. The number of aliphatic hydroxyl groups excluding tert-OH is 3. The summed E-state index contributed by atoms with van der Waals surface area (Å²) in [4.78, 5) is 3.92. The molecule has 4 N–H and O–H groups in total. The second-order valence-corrected chi connectivity index (χ2v) is 3.61. The molecule has 6 heteroatoms. The minimum absolute atomic E-state index is 0.348. The Kier molecular flexibility index (Phi) is 3.61. The average Bonchev–Trinajstić information content (AvgIpc) is 2.67. The van der Waals surface area contributed by atoms with Gasteiger partial charge in [0.05, 0.1) is 19.8 Å². The largest absolute Gasteiger partial charge is 0.394 e. The van der Waals surface area contributed by atoms with E-state index in [0.29, 0.717) is 5.13 Å². The summed E-state index contributed by atoms with van der Waals surface area (Å²) in [7, 11) is 0. The van der Waals surface area contributed by atoms with Gasteiger partial charge >= 0.3 is 0 Å². The van der Waals surface area contributed by atoms with Gasteiger partial charge < -0.3 is 20.6 Å². The van der Waals surface area contributed by atoms with Crippen LogP contribution in [-0.2, 0) is 0 Å². The third kappa shape index (κ3) is 2.38. The van der Waals surface area contributed by atoms with E-state index >= 15 is 0 Å². The Morgan fingerprint density at radius 1 is 1.31 bits per heavy atom. The minimum Gasteiger partial charge on any atom is -0.394 e. The first kappa shape index (κ1) is 10.4. The molecule has 1 rings (SSSR count). The molecule has 0 aliphatic heterocycles. The van der Waals surface area contributed by atoms with Gasteiger partial charge in [-0.3, -0.25) is 0 Å². The molecule has 0 saturated carbocycles. The fourth-order valence-corrected chi connectivity index (χ4v) is 1.43. The van der Waals surface area contributed by atoms with Gasteiger partial charge in [-0.15, -0.1) is 11.3 Å². The highest BCUT2D eigenvalue weighted by atomic mass is 32.1. The van der Waals surface area contributed by atoms with E-state index in [1.54, 1.807) is 11.6 Å². The van der Waals surface area contributed by atoms with Crippen molar-refractivity contribution >= 4 is 16.5 Å². The molecule has 0 aromatic carbocycles. The lowest BCUT2D eigenvalue weighted by molar-refractivity contribution is 0.0833. The van der Waals surface area contributed by atoms with Gasteiger partial charge in [0.15, 0.2) is 5.13 Å². The van der Waals surface area contributed by atoms with Crippen LogP contribution in [0.1, 0.15) is 0 Å². The lowest BCUT2D eigenvalue weighted by atomic mass is 10.0. The van der Waals surface area contributed by atoms with Crippen molar-refractivity contribution in [2.24, 2.45) is 0 Å². The van der Waals surface area contributed by atoms with E-state index in [1.807, 2.05) is 0 Å². The van der Waals surface area contributed by atoms with E-state index in [1.165, 1.54) is 11.3 Å². The Labute approximate surface area is 79.7 Å². The maximum absolute atomic E-state index is 8.97. The quantitative estimate of drug-likeness (QED) is 0.508. The molecular formula is C7H12N2O3S. The molecule has 1 aromatic rings. The highest BCUT2D eigenvalue weighted by Gasteiger charge is 2.28. The van der Waals surface area contributed by atoms with E-state index < -0.39 is 5.54 Å². The molecule has 5 nitrogen and oxygen atoms in total. The predicted octanol–water partition coefficient (Wildman–Crippen LogP) is -0.729. The fraction of sp³-hybridized carbons (Fsp3) is 0.571. The van der Waals surface area contributed by atoms with Crippen LogP contribution in [0.5, 0.6) is 0 Å². The Morgan fingerprint density at radius 3 is 2.31 bits per heavy atom. The topological polar surface area (TPSA) is 85.6 Å². The van der Waals surface area contributed by atoms with Crippen molar-refractivity contribution < 1.29 is 15.3 Å². The maximum Gasteiger partial charge on any atom is 0.183 e. The van der Waals surface area contributed by atoms with Crippen molar-refractivity contribution in [3.8, 4) is 0 Å². The van der Waals surface area contributed by atoms with Crippen LogP contribution in [0.25, 0.3) is 0 Å². The first-order chi connectivity index (χ1) is 6.26. The summed E-state index contributed by atoms with van der Waals surface area (Å²) in [6.45, 7) is -1.04. The predicted molar refractivity (Wildman–Crippen MR) is 49.7 cm³/mol. The smallest absolute Gasteiger partial charge is 0.183 e. The zero-order valence-corrected chi connectivity index (χ0v) is 7.79. The van der Waals surface area contributed by atoms with Crippen LogP contribution >= 0.6 is 11.3 Å². The van der Waals surface area contributed by atoms with Gasteiger partial charge in [0.1, 0.15) is 5.54 Å². The molecule has 0 saturated heterocycles. The van der Waals surface area contributed by atoms with Crippen LogP contribution in [0.3, 0.4) is 0 Å². The lowest BCUT2D eigenvalue weighted by Crippen LogP contribution is -2.49. The van der Waals surface area contributed by atoms with E-state index in [4.69, 9.17) is 15.3 Å². The fourth-order valence-electron chi connectivity index (χ4n) is 0.781. The van der Waals surface area contributed by atoms with E-state index in [9.17, 15) is 0 Å². The van der Waals surface area contributed by atoms with Crippen molar-refractivity contribution in [3.63, 3.8) is 0 Å². The minimum atomic E-state index is -1.09. The number of anilines is 1. The molecule has 1 aromatic heterocycles. The van der Waals surface area contributed by atoms with Crippen molar-refractivity contribution in [2.45, 2.75) is 5.54 Å². The second-order valence-electron chi connectivity index (χ2n) is 2.72. The first-order valence-electron chi connectivity index (χ1n) is 3.76. The molecular weight excluding hydrogens is 192 g/mol. The molecule has 13 heavy (non-hydrogen) atoms. The number of hydrogen-bond donors (Lipinski definition) is 4. The highest BCUT2D eigenvalue weighted by molar-refractivity contribution is 7.13. The van der Waals surface area contributed by atoms with Gasteiger partial charge in [-0.05, 0) is 0 Å². The van der Waals surface area contributed by atoms with Crippen LogP contribution < -0.4 is 5.32 Å². The van der Waals surface area contributed by atoms with Crippen LogP contribution in [-0.4, -0.2) is 45.7 Å². The summed E-state index contributed by atoms with van der Waals surface area (Å²) in [6.07, 6.45) is 1.60.